The number of hydrogen-bond donors (Lipinski definition) is 0. The number of thiophene rings is 1. The average Bonchev–Trinajstić information content (AvgIpc) is 3.08. The largest absolute Gasteiger partial charge is 0.383 e. The van der Waals surface area contributed by atoms with Gasteiger partial charge in [-0.15, -0.1) is 11.3 Å². The maximum absolute atomic E-state index is 12.4. The van der Waals surface area contributed by atoms with Crippen LogP contribution in [0.2, 0.25) is 5.02 Å². The summed E-state index contributed by atoms with van der Waals surface area (Å²) < 4.78 is 9.05. The normalized spacial score (nSPS) is 12.2. The molecule has 0 fully saturated rings. The Morgan fingerprint density at radius 1 is 1.35 bits per heavy atom. The van der Waals surface area contributed by atoms with E-state index in [2.05, 4.69) is 20.9 Å². The van der Waals surface area contributed by atoms with E-state index < -0.39 is 0 Å². The minimum absolute atomic E-state index is 0.246. The van der Waals surface area contributed by atoms with Crippen molar-refractivity contribution in [1.82, 2.24) is 4.57 Å². The molecule has 1 aromatic carbocycles. The van der Waals surface area contributed by atoms with Crippen LogP contribution in [-0.4, -0.2) is 24.2 Å². The Bertz CT molecular complexity index is 929. The Hall–Kier alpha value is -0.990. The highest BCUT2D eigenvalue weighted by molar-refractivity contribution is 9.11. The number of thiazole rings is 1. The van der Waals surface area contributed by atoms with E-state index in [0.29, 0.717) is 27.9 Å². The van der Waals surface area contributed by atoms with Crippen molar-refractivity contribution < 1.29 is 9.53 Å². The molecule has 0 N–H and O–H groups in total. The molecule has 0 bridgehead atoms. The lowest BCUT2D eigenvalue weighted by Crippen LogP contribution is -2.19. The van der Waals surface area contributed by atoms with E-state index in [-0.39, 0.29) is 5.91 Å². The topological polar surface area (TPSA) is 43.6 Å². The fourth-order valence-electron chi connectivity index (χ4n) is 2.10. The number of halogens is 2. The maximum Gasteiger partial charge on any atom is 0.289 e. The first kappa shape index (κ1) is 16.9. The van der Waals surface area contributed by atoms with Crippen molar-refractivity contribution >= 4 is 66.3 Å². The first-order valence-corrected chi connectivity index (χ1v) is 9.51. The predicted molar refractivity (Wildman–Crippen MR) is 98.6 cm³/mol. The molecule has 0 radical (unpaired) electrons. The molecule has 8 heteroatoms. The van der Waals surface area contributed by atoms with Gasteiger partial charge < -0.3 is 9.30 Å². The van der Waals surface area contributed by atoms with Gasteiger partial charge in [-0.3, -0.25) is 4.79 Å². The molecular weight excluding hydrogens is 420 g/mol. The van der Waals surface area contributed by atoms with Gasteiger partial charge in [-0.1, -0.05) is 22.9 Å². The zero-order valence-electron chi connectivity index (χ0n) is 12.1. The number of aromatic nitrogens is 1. The molecule has 4 nitrogen and oxygen atoms in total. The molecule has 0 atom stereocenters. The average molecular weight is 432 g/mol. The van der Waals surface area contributed by atoms with Crippen molar-refractivity contribution in [2.45, 2.75) is 6.54 Å². The quantitative estimate of drug-likeness (QED) is 0.607. The minimum atomic E-state index is -0.246. The highest BCUT2D eigenvalue weighted by atomic mass is 79.9. The van der Waals surface area contributed by atoms with Crippen LogP contribution in [0.3, 0.4) is 0 Å². The number of ether oxygens (including phenoxy) is 1. The van der Waals surface area contributed by atoms with Crippen LogP contribution in [-0.2, 0) is 11.3 Å². The molecule has 0 saturated carbocycles. The summed E-state index contributed by atoms with van der Waals surface area (Å²) in [5.41, 5.74) is 0.996. The second kappa shape index (κ2) is 7.27. The first-order chi connectivity index (χ1) is 11.1. The number of amides is 1. The monoisotopic (exact) mass is 430 g/mol. The Kier molecular flexibility index (Phi) is 5.33. The van der Waals surface area contributed by atoms with Crippen molar-refractivity contribution in [3.8, 4) is 0 Å². The van der Waals surface area contributed by atoms with Crippen LogP contribution in [0.4, 0.5) is 0 Å². The standard InChI is InChI=1S/C15H12BrClN2O2S2/c1-21-7-6-19-10-3-2-9(17)8-12(10)23-15(19)18-14(20)11-4-5-13(16)22-11/h2-5,8H,6-7H2,1H3. The third kappa shape index (κ3) is 3.75. The van der Waals surface area contributed by atoms with Crippen molar-refractivity contribution in [1.29, 1.82) is 0 Å². The summed E-state index contributed by atoms with van der Waals surface area (Å²) >= 11 is 12.2. The number of fused-ring (bicyclic) bond motifs is 1. The van der Waals surface area contributed by atoms with Gasteiger partial charge in [0.2, 0.25) is 0 Å². The maximum atomic E-state index is 12.4. The third-order valence-electron chi connectivity index (χ3n) is 3.14. The van der Waals surface area contributed by atoms with Crippen molar-refractivity contribution in [3.63, 3.8) is 0 Å². The van der Waals surface area contributed by atoms with Gasteiger partial charge in [-0.25, -0.2) is 0 Å². The highest BCUT2D eigenvalue weighted by Gasteiger charge is 2.11. The summed E-state index contributed by atoms with van der Waals surface area (Å²) in [7, 11) is 1.65. The molecule has 0 aliphatic rings. The van der Waals surface area contributed by atoms with E-state index in [1.165, 1.54) is 22.7 Å². The number of nitrogens with zero attached hydrogens (tertiary/aromatic N) is 2. The number of rotatable bonds is 4. The summed E-state index contributed by atoms with van der Waals surface area (Å²) in [5, 5.41) is 0.665. The van der Waals surface area contributed by atoms with Crippen molar-refractivity contribution in [2.24, 2.45) is 4.99 Å². The van der Waals surface area contributed by atoms with E-state index in [1.807, 2.05) is 28.8 Å². The number of benzene rings is 1. The van der Waals surface area contributed by atoms with E-state index >= 15 is 0 Å². The second-order valence-corrected chi connectivity index (χ2v) is 8.57. The van der Waals surface area contributed by atoms with Gasteiger partial charge in [0, 0.05) is 18.7 Å². The van der Waals surface area contributed by atoms with Crippen LogP contribution >= 0.6 is 50.2 Å². The molecule has 0 saturated heterocycles. The summed E-state index contributed by atoms with van der Waals surface area (Å²) in [6, 6.07) is 9.27. The number of carbonyl (C=O) groups is 1. The van der Waals surface area contributed by atoms with E-state index in [4.69, 9.17) is 16.3 Å². The van der Waals surface area contributed by atoms with Crippen LogP contribution in [0.5, 0.6) is 0 Å². The van der Waals surface area contributed by atoms with E-state index in [9.17, 15) is 4.79 Å². The highest BCUT2D eigenvalue weighted by Crippen LogP contribution is 2.24. The van der Waals surface area contributed by atoms with Crippen LogP contribution in [0.15, 0.2) is 39.1 Å². The fraction of sp³-hybridized carbons (Fsp3) is 0.200. The minimum Gasteiger partial charge on any atom is -0.383 e. The molecule has 0 aliphatic carbocycles. The molecule has 0 unspecified atom stereocenters. The van der Waals surface area contributed by atoms with Gasteiger partial charge in [-0.2, -0.15) is 4.99 Å². The molecule has 23 heavy (non-hydrogen) atoms. The van der Waals surface area contributed by atoms with Crippen LogP contribution in [0.25, 0.3) is 10.2 Å². The summed E-state index contributed by atoms with van der Waals surface area (Å²) in [6.07, 6.45) is 0. The lowest BCUT2D eigenvalue weighted by molar-refractivity contribution is 0.100. The van der Waals surface area contributed by atoms with Gasteiger partial charge in [-0.05, 0) is 46.3 Å². The molecule has 1 amide bonds. The van der Waals surface area contributed by atoms with Gasteiger partial charge in [0.1, 0.15) is 0 Å². The van der Waals surface area contributed by atoms with Gasteiger partial charge in [0.05, 0.1) is 25.5 Å². The van der Waals surface area contributed by atoms with Crippen LogP contribution in [0, 0.1) is 0 Å². The molecule has 2 heterocycles. The third-order valence-corrected chi connectivity index (χ3v) is 6.03. The smallest absolute Gasteiger partial charge is 0.289 e. The Balaban J connectivity index is 2.11. The molecule has 120 valence electrons. The molecule has 2 aromatic heterocycles. The molecular formula is C15H12BrClN2O2S2. The number of methoxy groups -OCH3 is 1. The van der Waals surface area contributed by atoms with Crippen LogP contribution < -0.4 is 4.80 Å². The molecule has 0 spiro atoms. The Morgan fingerprint density at radius 3 is 2.87 bits per heavy atom. The fourth-order valence-corrected chi connectivity index (χ4v) is 4.70. The Morgan fingerprint density at radius 2 is 2.17 bits per heavy atom. The van der Waals surface area contributed by atoms with Gasteiger partial charge in [0.15, 0.2) is 4.80 Å². The van der Waals surface area contributed by atoms with Crippen molar-refractivity contribution in [3.05, 3.63) is 48.8 Å². The van der Waals surface area contributed by atoms with E-state index in [0.717, 1.165) is 14.0 Å². The zero-order chi connectivity index (χ0) is 16.4. The molecule has 3 rings (SSSR count). The molecule has 0 aliphatic heterocycles. The van der Waals surface area contributed by atoms with E-state index in [1.54, 1.807) is 13.2 Å². The number of hydrogen-bond acceptors (Lipinski definition) is 4. The summed E-state index contributed by atoms with van der Waals surface area (Å²) in [6.45, 7) is 1.17. The predicted octanol–water partition coefficient (Wildman–Crippen LogP) is 4.57. The summed E-state index contributed by atoms with van der Waals surface area (Å²) in [4.78, 5) is 17.9. The van der Waals surface area contributed by atoms with Crippen LogP contribution in [0.1, 0.15) is 9.67 Å². The second-order valence-electron chi connectivity index (χ2n) is 4.66. The first-order valence-electron chi connectivity index (χ1n) is 6.70. The van der Waals surface area contributed by atoms with Gasteiger partial charge >= 0.3 is 0 Å². The number of carbonyl (C=O) groups excluding carboxylic acids is 1. The Labute approximate surface area is 154 Å². The zero-order valence-corrected chi connectivity index (χ0v) is 16.1. The SMILES string of the molecule is COCCn1c(=NC(=O)c2ccc(Br)s2)sc2cc(Cl)ccc21. The summed E-state index contributed by atoms with van der Waals surface area (Å²) in [5.74, 6) is -0.246. The lowest BCUT2D eigenvalue weighted by atomic mass is 10.3. The lowest BCUT2D eigenvalue weighted by Gasteiger charge is -2.04. The molecule has 3 aromatic rings. The van der Waals surface area contributed by atoms with Gasteiger partial charge in [0.25, 0.3) is 5.91 Å². The van der Waals surface area contributed by atoms with Crippen molar-refractivity contribution in [2.75, 3.05) is 13.7 Å².